The van der Waals surface area contributed by atoms with Crippen LogP contribution in [0.5, 0.6) is 11.5 Å². The molecule has 0 saturated heterocycles. The van der Waals surface area contributed by atoms with Crippen LogP contribution in [0.15, 0.2) is 24.3 Å². The summed E-state index contributed by atoms with van der Waals surface area (Å²) in [7, 11) is 3.14. The maximum absolute atomic E-state index is 13.9. The van der Waals surface area contributed by atoms with Gasteiger partial charge in [-0.05, 0) is 61.2 Å². The summed E-state index contributed by atoms with van der Waals surface area (Å²) in [5.74, 6) is -1.59. The van der Waals surface area contributed by atoms with Gasteiger partial charge < -0.3 is 14.8 Å². The third kappa shape index (κ3) is 3.44. The van der Waals surface area contributed by atoms with E-state index in [4.69, 9.17) is 9.47 Å². The van der Waals surface area contributed by atoms with Gasteiger partial charge in [-0.2, -0.15) is 0 Å². The lowest BCUT2D eigenvalue weighted by atomic mass is 9.90. The predicted molar refractivity (Wildman–Crippen MR) is 88.6 cm³/mol. The quantitative estimate of drug-likeness (QED) is 0.828. The summed E-state index contributed by atoms with van der Waals surface area (Å²) in [5, 5.41) is 3.35. The highest BCUT2D eigenvalue weighted by atomic mass is 19.2. The first-order chi connectivity index (χ1) is 12.0. The molecule has 0 aliphatic carbocycles. The molecule has 25 heavy (non-hydrogen) atoms. The van der Waals surface area contributed by atoms with Gasteiger partial charge in [-0.3, -0.25) is 0 Å². The fraction of sp³-hybridized carbons (Fsp3) is 0.368. The Bertz CT molecular complexity index is 780. The van der Waals surface area contributed by atoms with E-state index in [0.717, 1.165) is 36.2 Å². The van der Waals surface area contributed by atoms with E-state index in [2.05, 4.69) is 5.32 Å². The van der Waals surface area contributed by atoms with Gasteiger partial charge in [-0.25, -0.2) is 13.2 Å². The fourth-order valence-corrected chi connectivity index (χ4v) is 3.31. The molecule has 0 spiro atoms. The van der Waals surface area contributed by atoms with Gasteiger partial charge in [0.25, 0.3) is 0 Å². The first-order valence-electron chi connectivity index (χ1n) is 8.15. The van der Waals surface area contributed by atoms with Crippen molar-refractivity contribution >= 4 is 0 Å². The SMILES string of the molecule is COc1cc2c(cc1OC)[C@H](CCc1c(F)ccc(F)c1F)NCC2. The minimum Gasteiger partial charge on any atom is -0.493 e. The molecule has 1 aliphatic rings. The summed E-state index contributed by atoms with van der Waals surface area (Å²) in [4.78, 5) is 0. The highest BCUT2D eigenvalue weighted by Crippen LogP contribution is 2.36. The molecule has 134 valence electrons. The Morgan fingerprint density at radius 1 is 1.04 bits per heavy atom. The lowest BCUT2D eigenvalue weighted by Gasteiger charge is -2.28. The van der Waals surface area contributed by atoms with Crippen molar-refractivity contribution in [1.82, 2.24) is 5.32 Å². The van der Waals surface area contributed by atoms with Gasteiger partial charge >= 0.3 is 0 Å². The molecule has 1 aliphatic heterocycles. The summed E-state index contributed by atoms with van der Waals surface area (Å²) in [6.07, 6.45) is 1.37. The van der Waals surface area contributed by atoms with Gasteiger partial charge in [0.15, 0.2) is 23.1 Å². The average Bonchev–Trinajstić information content (AvgIpc) is 2.63. The summed E-state index contributed by atoms with van der Waals surface area (Å²) < 4.78 is 51.7. The molecule has 0 aromatic heterocycles. The maximum atomic E-state index is 13.9. The fourth-order valence-electron chi connectivity index (χ4n) is 3.31. The van der Waals surface area contributed by atoms with Crippen LogP contribution in [0.2, 0.25) is 0 Å². The molecule has 1 N–H and O–H groups in total. The van der Waals surface area contributed by atoms with Crippen LogP contribution in [0.3, 0.4) is 0 Å². The Morgan fingerprint density at radius 3 is 2.44 bits per heavy atom. The minimum absolute atomic E-state index is 0.0920. The van der Waals surface area contributed by atoms with Gasteiger partial charge in [0.05, 0.1) is 14.2 Å². The molecule has 1 atom stereocenters. The molecular weight excluding hydrogens is 331 g/mol. The Morgan fingerprint density at radius 2 is 1.72 bits per heavy atom. The van der Waals surface area contributed by atoms with E-state index < -0.39 is 17.5 Å². The number of ether oxygens (including phenoxy) is 2. The standard InChI is InChI=1S/C19H20F3NO2/c1-24-17-9-11-7-8-23-16(13(11)10-18(17)25-2)6-3-12-14(20)4-5-15(21)19(12)22/h4-5,9-10,16,23H,3,6-8H2,1-2H3/t16-/m0/s1. The number of hydrogen-bond donors (Lipinski definition) is 1. The van der Waals surface area contributed by atoms with E-state index in [1.54, 1.807) is 14.2 Å². The van der Waals surface area contributed by atoms with E-state index >= 15 is 0 Å². The molecule has 1 heterocycles. The summed E-state index contributed by atoms with van der Waals surface area (Å²) in [6, 6.07) is 5.50. The molecule has 0 fully saturated rings. The van der Waals surface area contributed by atoms with Crippen LogP contribution in [0, 0.1) is 17.5 Å². The second kappa shape index (κ2) is 7.35. The Kier molecular flexibility index (Phi) is 5.18. The van der Waals surface area contributed by atoms with E-state index in [1.165, 1.54) is 0 Å². The Labute approximate surface area is 144 Å². The van der Waals surface area contributed by atoms with Gasteiger partial charge in [-0.15, -0.1) is 0 Å². The minimum atomic E-state index is -1.11. The van der Waals surface area contributed by atoms with Crippen molar-refractivity contribution in [3.8, 4) is 11.5 Å². The van der Waals surface area contributed by atoms with Gasteiger partial charge in [0.1, 0.15) is 5.82 Å². The zero-order chi connectivity index (χ0) is 18.0. The monoisotopic (exact) mass is 351 g/mol. The van der Waals surface area contributed by atoms with Gasteiger partial charge in [0.2, 0.25) is 0 Å². The van der Waals surface area contributed by atoms with Crippen molar-refractivity contribution in [1.29, 1.82) is 0 Å². The molecule has 3 nitrogen and oxygen atoms in total. The number of rotatable bonds is 5. The third-order valence-electron chi connectivity index (χ3n) is 4.63. The van der Waals surface area contributed by atoms with Crippen LogP contribution in [0.4, 0.5) is 13.2 Å². The van der Waals surface area contributed by atoms with Crippen molar-refractivity contribution in [2.75, 3.05) is 20.8 Å². The van der Waals surface area contributed by atoms with E-state index in [0.29, 0.717) is 17.9 Å². The lowest BCUT2D eigenvalue weighted by molar-refractivity contribution is 0.351. The first-order valence-corrected chi connectivity index (χ1v) is 8.15. The van der Waals surface area contributed by atoms with Crippen LogP contribution in [0.25, 0.3) is 0 Å². The van der Waals surface area contributed by atoms with Crippen molar-refractivity contribution in [3.05, 3.63) is 58.4 Å². The average molecular weight is 351 g/mol. The van der Waals surface area contributed by atoms with E-state index in [9.17, 15) is 13.2 Å². The van der Waals surface area contributed by atoms with Crippen LogP contribution in [-0.2, 0) is 12.8 Å². The molecule has 3 rings (SSSR count). The van der Waals surface area contributed by atoms with Gasteiger partial charge in [0, 0.05) is 11.6 Å². The normalized spacial score (nSPS) is 16.4. The van der Waals surface area contributed by atoms with Crippen molar-refractivity contribution < 1.29 is 22.6 Å². The summed E-state index contributed by atoms with van der Waals surface area (Å²) in [6.45, 7) is 0.751. The van der Waals surface area contributed by atoms with Crippen molar-refractivity contribution in [3.63, 3.8) is 0 Å². The number of fused-ring (bicyclic) bond motifs is 1. The van der Waals surface area contributed by atoms with Crippen LogP contribution in [0.1, 0.15) is 29.2 Å². The zero-order valence-corrected chi connectivity index (χ0v) is 14.2. The molecule has 0 unspecified atom stereocenters. The Balaban J connectivity index is 1.86. The third-order valence-corrected chi connectivity index (χ3v) is 4.63. The number of benzene rings is 2. The Hall–Kier alpha value is -2.21. The number of methoxy groups -OCH3 is 2. The number of nitrogens with one attached hydrogen (secondary N) is 1. The molecular formula is C19H20F3NO2. The number of hydrogen-bond acceptors (Lipinski definition) is 3. The molecule has 2 aromatic rings. The molecule has 2 aromatic carbocycles. The van der Waals surface area contributed by atoms with Crippen LogP contribution in [-0.4, -0.2) is 20.8 Å². The summed E-state index contributed by atoms with van der Waals surface area (Å²) in [5.41, 5.74) is 1.91. The molecule has 0 bridgehead atoms. The second-order valence-electron chi connectivity index (χ2n) is 6.02. The molecule has 0 radical (unpaired) electrons. The smallest absolute Gasteiger partial charge is 0.164 e. The predicted octanol–water partition coefficient (Wildman–Crippen LogP) is 3.94. The topological polar surface area (TPSA) is 30.5 Å². The maximum Gasteiger partial charge on any atom is 0.164 e. The van der Waals surface area contributed by atoms with Crippen LogP contribution >= 0.6 is 0 Å². The number of halogens is 3. The van der Waals surface area contributed by atoms with Gasteiger partial charge in [-0.1, -0.05) is 0 Å². The molecule has 0 amide bonds. The van der Waals surface area contributed by atoms with Crippen molar-refractivity contribution in [2.24, 2.45) is 0 Å². The lowest BCUT2D eigenvalue weighted by Crippen LogP contribution is -2.30. The van der Waals surface area contributed by atoms with E-state index in [1.807, 2.05) is 12.1 Å². The van der Waals surface area contributed by atoms with Crippen molar-refractivity contribution in [2.45, 2.75) is 25.3 Å². The van der Waals surface area contributed by atoms with E-state index in [-0.39, 0.29) is 18.0 Å². The second-order valence-corrected chi connectivity index (χ2v) is 6.02. The highest BCUT2D eigenvalue weighted by molar-refractivity contribution is 5.49. The zero-order valence-electron chi connectivity index (χ0n) is 14.2. The largest absolute Gasteiger partial charge is 0.493 e. The highest BCUT2D eigenvalue weighted by Gasteiger charge is 2.24. The molecule has 6 heteroatoms. The van der Waals surface area contributed by atoms with Crippen LogP contribution < -0.4 is 14.8 Å². The first kappa shape index (κ1) is 17.6. The molecule has 0 saturated carbocycles. The summed E-state index contributed by atoms with van der Waals surface area (Å²) >= 11 is 0.